The zero-order valence-electron chi connectivity index (χ0n) is 10.7. The third-order valence-corrected chi connectivity index (χ3v) is 2.77. The summed E-state index contributed by atoms with van der Waals surface area (Å²) in [5, 5.41) is 12.2. The van der Waals surface area contributed by atoms with Gasteiger partial charge >= 0.3 is 0 Å². The van der Waals surface area contributed by atoms with E-state index < -0.39 is 0 Å². The summed E-state index contributed by atoms with van der Waals surface area (Å²) in [5.74, 6) is 0.804. The van der Waals surface area contributed by atoms with E-state index in [-0.39, 0.29) is 0 Å². The highest BCUT2D eigenvalue weighted by atomic mass is 14.9. The van der Waals surface area contributed by atoms with Crippen molar-refractivity contribution in [1.29, 1.82) is 5.26 Å². The van der Waals surface area contributed by atoms with E-state index in [9.17, 15) is 0 Å². The molecule has 88 valence electrons. The van der Waals surface area contributed by atoms with Gasteiger partial charge < -0.3 is 5.32 Å². The largest absolute Gasteiger partial charge is 0.310 e. The molecule has 0 amide bonds. The Balaban J connectivity index is 3.62. The van der Waals surface area contributed by atoms with Crippen LogP contribution in [0.5, 0.6) is 0 Å². The minimum absolute atomic E-state index is 0.379. The topological polar surface area (TPSA) is 35.8 Å². The van der Waals surface area contributed by atoms with Crippen molar-refractivity contribution < 1.29 is 0 Å². The number of nitrogens with zero attached hydrogens (tertiary/aromatic N) is 1. The van der Waals surface area contributed by atoms with Crippen LogP contribution >= 0.6 is 0 Å². The van der Waals surface area contributed by atoms with Crippen LogP contribution in [0.1, 0.15) is 59.8 Å². The van der Waals surface area contributed by atoms with E-state index in [0.717, 1.165) is 12.3 Å². The van der Waals surface area contributed by atoms with Crippen LogP contribution in [0, 0.1) is 17.2 Å². The fourth-order valence-corrected chi connectivity index (χ4v) is 1.75. The summed E-state index contributed by atoms with van der Waals surface area (Å²) in [7, 11) is 0. The SMILES string of the molecule is CCC(CC#N)NC(C)CCCC(C)C. The monoisotopic (exact) mass is 210 g/mol. The zero-order chi connectivity index (χ0) is 11.7. The molecule has 2 unspecified atom stereocenters. The van der Waals surface area contributed by atoms with Gasteiger partial charge in [-0.2, -0.15) is 5.26 Å². The van der Waals surface area contributed by atoms with E-state index in [1.807, 2.05) is 0 Å². The summed E-state index contributed by atoms with van der Waals surface area (Å²) in [5.41, 5.74) is 0. The van der Waals surface area contributed by atoms with Crippen molar-refractivity contribution in [1.82, 2.24) is 5.32 Å². The van der Waals surface area contributed by atoms with Gasteiger partial charge in [0, 0.05) is 12.1 Å². The van der Waals surface area contributed by atoms with Crippen LogP contribution in [0.25, 0.3) is 0 Å². The van der Waals surface area contributed by atoms with Crippen LogP contribution in [0.3, 0.4) is 0 Å². The number of hydrogen-bond acceptors (Lipinski definition) is 2. The molecule has 0 radical (unpaired) electrons. The second kappa shape index (κ2) is 8.73. The second-order valence-electron chi connectivity index (χ2n) is 4.86. The standard InChI is InChI=1S/C13H26N2/c1-5-13(9-10-14)15-12(4)8-6-7-11(2)3/h11-13,15H,5-9H2,1-4H3. The molecule has 0 spiro atoms. The number of hydrogen-bond donors (Lipinski definition) is 1. The van der Waals surface area contributed by atoms with Gasteiger partial charge in [0.05, 0.1) is 12.5 Å². The van der Waals surface area contributed by atoms with Gasteiger partial charge in [-0.05, 0) is 25.7 Å². The molecule has 2 heteroatoms. The van der Waals surface area contributed by atoms with Crippen molar-refractivity contribution in [3.8, 4) is 6.07 Å². The van der Waals surface area contributed by atoms with Gasteiger partial charge in [-0.25, -0.2) is 0 Å². The summed E-state index contributed by atoms with van der Waals surface area (Å²) in [6.45, 7) is 8.89. The molecule has 0 fully saturated rings. The average Bonchev–Trinajstić information content (AvgIpc) is 2.16. The molecule has 0 aliphatic rings. The van der Waals surface area contributed by atoms with E-state index in [2.05, 4.69) is 39.1 Å². The molecule has 0 aromatic carbocycles. The van der Waals surface area contributed by atoms with Gasteiger partial charge in [0.15, 0.2) is 0 Å². The highest BCUT2D eigenvalue weighted by Gasteiger charge is 2.09. The molecule has 0 bridgehead atoms. The highest BCUT2D eigenvalue weighted by Crippen LogP contribution is 2.09. The Kier molecular flexibility index (Phi) is 8.41. The Hall–Kier alpha value is -0.550. The quantitative estimate of drug-likeness (QED) is 0.665. The van der Waals surface area contributed by atoms with Gasteiger partial charge in [-0.3, -0.25) is 0 Å². The maximum absolute atomic E-state index is 8.64. The van der Waals surface area contributed by atoms with Crippen LogP contribution in [0.2, 0.25) is 0 Å². The lowest BCUT2D eigenvalue weighted by Crippen LogP contribution is -2.35. The van der Waals surface area contributed by atoms with E-state index in [1.165, 1.54) is 19.3 Å². The van der Waals surface area contributed by atoms with Crippen LogP contribution in [-0.4, -0.2) is 12.1 Å². The van der Waals surface area contributed by atoms with Crippen LogP contribution < -0.4 is 5.32 Å². The lowest BCUT2D eigenvalue weighted by molar-refractivity contribution is 0.400. The molecule has 0 aromatic rings. The van der Waals surface area contributed by atoms with Crippen LogP contribution in [0.4, 0.5) is 0 Å². The molecule has 0 aromatic heterocycles. The maximum atomic E-state index is 8.64. The third kappa shape index (κ3) is 8.44. The van der Waals surface area contributed by atoms with Crippen molar-refractivity contribution in [3.05, 3.63) is 0 Å². The number of nitriles is 1. The Morgan fingerprint density at radius 2 is 1.87 bits per heavy atom. The summed E-state index contributed by atoms with van der Waals surface area (Å²) < 4.78 is 0. The van der Waals surface area contributed by atoms with Crippen LogP contribution in [0.15, 0.2) is 0 Å². The fraction of sp³-hybridized carbons (Fsp3) is 0.923. The lowest BCUT2D eigenvalue weighted by Gasteiger charge is -2.20. The molecule has 0 aliphatic carbocycles. The van der Waals surface area contributed by atoms with Gasteiger partial charge in [0.2, 0.25) is 0 Å². The molecular formula is C13H26N2. The predicted molar refractivity (Wildman–Crippen MR) is 65.6 cm³/mol. The highest BCUT2D eigenvalue weighted by molar-refractivity contribution is 4.81. The van der Waals surface area contributed by atoms with Crippen LogP contribution in [-0.2, 0) is 0 Å². The van der Waals surface area contributed by atoms with Gasteiger partial charge in [-0.1, -0.05) is 33.6 Å². The zero-order valence-corrected chi connectivity index (χ0v) is 10.7. The normalized spacial score (nSPS) is 14.9. The van der Waals surface area contributed by atoms with Gasteiger partial charge in [0.25, 0.3) is 0 Å². The van der Waals surface area contributed by atoms with Crippen molar-refractivity contribution in [2.24, 2.45) is 5.92 Å². The van der Waals surface area contributed by atoms with E-state index >= 15 is 0 Å². The Bertz CT molecular complexity index is 181. The molecule has 0 rings (SSSR count). The van der Waals surface area contributed by atoms with E-state index in [0.29, 0.717) is 18.5 Å². The summed E-state index contributed by atoms with van der Waals surface area (Å²) in [6.07, 6.45) is 5.49. The fourth-order valence-electron chi connectivity index (χ4n) is 1.75. The van der Waals surface area contributed by atoms with Crippen molar-refractivity contribution in [2.75, 3.05) is 0 Å². The first-order valence-corrected chi connectivity index (χ1v) is 6.23. The Morgan fingerprint density at radius 1 is 1.20 bits per heavy atom. The Morgan fingerprint density at radius 3 is 2.33 bits per heavy atom. The Labute approximate surface area is 95.1 Å². The van der Waals surface area contributed by atoms with Crippen molar-refractivity contribution >= 4 is 0 Å². The molecule has 0 saturated carbocycles. The smallest absolute Gasteiger partial charge is 0.0638 e. The van der Waals surface area contributed by atoms with E-state index in [4.69, 9.17) is 5.26 Å². The summed E-state index contributed by atoms with van der Waals surface area (Å²) in [4.78, 5) is 0. The summed E-state index contributed by atoms with van der Waals surface area (Å²) >= 11 is 0. The molecule has 0 aliphatic heterocycles. The molecule has 0 saturated heterocycles. The first-order chi connectivity index (χ1) is 7.10. The molecule has 2 nitrogen and oxygen atoms in total. The first-order valence-electron chi connectivity index (χ1n) is 6.23. The van der Waals surface area contributed by atoms with Gasteiger partial charge in [-0.15, -0.1) is 0 Å². The third-order valence-electron chi connectivity index (χ3n) is 2.77. The maximum Gasteiger partial charge on any atom is 0.0638 e. The van der Waals surface area contributed by atoms with Gasteiger partial charge in [0.1, 0.15) is 0 Å². The minimum Gasteiger partial charge on any atom is -0.310 e. The first kappa shape index (κ1) is 14.5. The second-order valence-corrected chi connectivity index (χ2v) is 4.86. The lowest BCUT2D eigenvalue weighted by atomic mass is 10.0. The molecule has 2 atom stereocenters. The molecular weight excluding hydrogens is 184 g/mol. The summed E-state index contributed by atoms with van der Waals surface area (Å²) in [6, 6.07) is 3.16. The number of nitrogens with one attached hydrogen (secondary N) is 1. The molecule has 15 heavy (non-hydrogen) atoms. The van der Waals surface area contributed by atoms with Crippen molar-refractivity contribution in [3.63, 3.8) is 0 Å². The predicted octanol–water partition coefficient (Wildman–Crippen LogP) is 3.48. The number of rotatable bonds is 8. The molecule has 1 N–H and O–H groups in total. The van der Waals surface area contributed by atoms with E-state index in [1.54, 1.807) is 0 Å². The minimum atomic E-state index is 0.379. The molecule has 0 heterocycles. The van der Waals surface area contributed by atoms with Crippen molar-refractivity contribution in [2.45, 2.75) is 71.9 Å². The average molecular weight is 210 g/mol.